The van der Waals surface area contributed by atoms with Gasteiger partial charge in [0.2, 0.25) is 0 Å². The molecule has 2 nitrogen and oxygen atoms in total. The summed E-state index contributed by atoms with van der Waals surface area (Å²) in [6, 6.07) is 0. The van der Waals surface area contributed by atoms with Gasteiger partial charge in [-0.1, -0.05) is 36.6 Å². The van der Waals surface area contributed by atoms with Gasteiger partial charge in [0.05, 0.1) is 14.2 Å². The van der Waals surface area contributed by atoms with Crippen LogP contribution in [0.2, 0.25) is 0 Å². The fraction of sp³-hybridized carbons (Fsp3) is 0.562. The standard InChI is InChI=1S/C16H24O2/c1-10(2)8-9-14-11(3)12(4)15(17-6)16(18-7)13(14)5/h1,8,12-13H,9H2,2-7H3. The highest BCUT2D eigenvalue weighted by atomic mass is 16.5. The summed E-state index contributed by atoms with van der Waals surface area (Å²) in [7, 11) is 3.42. The summed E-state index contributed by atoms with van der Waals surface area (Å²) in [5, 5.41) is 0. The van der Waals surface area contributed by atoms with E-state index in [4.69, 9.17) is 16.4 Å². The van der Waals surface area contributed by atoms with Crippen LogP contribution in [0.4, 0.5) is 0 Å². The first-order valence-corrected chi connectivity index (χ1v) is 6.37. The van der Waals surface area contributed by atoms with Crippen molar-refractivity contribution >= 4 is 0 Å². The van der Waals surface area contributed by atoms with Crippen LogP contribution in [0.1, 0.15) is 34.1 Å². The lowest BCUT2D eigenvalue weighted by Crippen LogP contribution is -2.21. The van der Waals surface area contributed by atoms with E-state index in [9.17, 15) is 0 Å². The summed E-state index contributed by atoms with van der Waals surface area (Å²) in [5.41, 5.74) is 3.60. The van der Waals surface area contributed by atoms with Gasteiger partial charge in [-0.3, -0.25) is 0 Å². The van der Waals surface area contributed by atoms with Gasteiger partial charge in [0.15, 0.2) is 0 Å². The molecule has 0 aromatic carbocycles. The van der Waals surface area contributed by atoms with Crippen LogP contribution in [0.25, 0.3) is 0 Å². The van der Waals surface area contributed by atoms with E-state index in [-0.39, 0.29) is 11.8 Å². The van der Waals surface area contributed by atoms with Crippen LogP contribution >= 0.6 is 0 Å². The van der Waals surface area contributed by atoms with E-state index in [1.807, 2.05) is 6.92 Å². The molecule has 2 heteroatoms. The second kappa shape index (κ2) is 6.12. The van der Waals surface area contributed by atoms with Gasteiger partial charge < -0.3 is 9.47 Å². The van der Waals surface area contributed by atoms with Crippen molar-refractivity contribution in [1.82, 2.24) is 0 Å². The van der Waals surface area contributed by atoms with Gasteiger partial charge in [0.1, 0.15) is 11.5 Å². The molecule has 0 aromatic rings. The van der Waals surface area contributed by atoms with E-state index in [0.29, 0.717) is 0 Å². The molecule has 0 spiro atoms. The Balaban J connectivity index is 3.13. The van der Waals surface area contributed by atoms with Crippen LogP contribution in [0, 0.1) is 18.8 Å². The van der Waals surface area contributed by atoms with E-state index >= 15 is 0 Å². The number of methoxy groups -OCH3 is 2. The fourth-order valence-corrected chi connectivity index (χ4v) is 2.56. The van der Waals surface area contributed by atoms with E-state index < -0.39 is 0 Å². The normalized spacial score (nSPS) is 25.6. The van der Waals surface area contributed by atoms with Gasteiger partial charge in [0, 0.05) is 11.8 Å². The van der Waals surface area contributed by atoms with Crippen molar-refractivity contribution in [3.63, 3.8) is 0 Å². The third-order valence-corrected chi connectivity index (χ3v) is 3.79. The molecule has 0 heterocycles. The molecule has 1 aliphatic carbocycles. The highest BCUT2D eigenvalue weighted by molar-refractivity contribution is 5.35. The third kappa shape index (κ3) is 2.80. The van der Waals surface area contributed by atoms with Crippen LogP contribution in [0.15, 0.2) is 34.3 Å². The molecule has 2 atom stereocenters. The molecule has 1 rings (SSSR count). The monoisotopic (exact) mass is 248 g/mol. The summed E-state index contributed by atoms with van der Waals surface area (Å²) in [6.45, 7) is 14.1. The van der Waals surface area contributed by atoms with E-state index in [1.165, 1.54) is 11.1 Å². The van der Waals surface area contributed by atoms with Gasteiger partial charge in [-0.2, -0.15) is 0 Å². The second-order valence-corrected chi connectivity index (χ2v) is 4.94. The zero-order chi connectivity index (χ0) is 13.9. The minimum absolute atomic E-state index is 0.247. The molecule has 2 unspecified atom stereocenters. The molecule has 0 saturated heterocycles. The molecule has 0 saturated carbocycles. The Hall–Kier alpha value is -1.18. The molecule has 100 valence electrons. The largest absolute Gasteiger partial charge is 0.497 e. The Morgan fingerprint density at radius 3 is 2.11 bits per heavy atom. The van der Waals surface area contributed by atoms with Crippen LogP contribution in [-0.4, -0.2) is 14.2 Å². The topological polar surface area (TPSA) is 18.5 Å². The fourth-order valence-electron chi connectivity index (χ4n) is 2.56. The molecule has 0 amide bonds. The maximum Gasteiger partial charge on any atom is 0.140 e. The SMILES string of the molecule is [CH]C(C)=CCC1=C(C)C(C)C(OC)=C(OC)C1C. The van der Waals surface area contributed by atoms with Crippen LogP contribution in [0.5, 0.6) is 0 Å². The van der Waals surface area contributed by atoms with E-state index in [1.54, 1.807) is 14.2 Å². The lowest BCUT2D eigenvalue weighted by atomic mass is 9.80. The van der Waals surface area contributed by atoms with Gasteiger partial charge >= 0.3 is 0 Å². The molecule has 2 radical (unpaired) electrons. The van der Waals surface area contributed by atoms with Crippen molar-refractivity contribution in [3.8, 4) is 0 Å². The Labute approximate surface area is 111 Å². The number of rotatable bonds is 4. The zero-order valence-corrected chi connectivity index (χ0v) is 12.3. The van der Waals surface area contributed by atoms with E-state index in [0.717, 1.165) is 23.5 Å². The summed E-state index contributed by atoms with van der Waals surface area (Å²) >= 11 is 0. The Morgan fingerprint density at radius 1 is 1.17 bits per heavy atom. The predicted molar refractivity (Wildman–Crippen MR) is 74.7 cm³/mol. The second-order valence-electron chi connectivity index (χ2n) is 4.94. The molecule has 0 fully saturated rings. The van der Waals surface area contributed by atoms with Crippen molar-refractivity contribution < 1.29 is 9.47 Å². The van der Waals surface area contributed by atoms with Gasteiger partial charge in [0.25, 0.3) is 0 Å². The summed E-state index contributed by atoms with van der Waals surface area (Å²) in [6.07, 6.45) is 2.94. The zero-order valence-electron chi connectivity index (χ0n) is 12.3. The van der Waals surface area contributed by atoms with Crippen LogP contribution in [0.3, 0.4) is 0 Å². The molecule has 0 aliphatic heterocycles. The summed E-state index contributed by atoms with van der Waals surface area (Å²) in [5.74, 6) is 2.40. The molecule has 1 aliphatic rings. The summed E-state index contributed by atoms with van der Waals surface area (Å²) < 4.78 is 11.0. The van der Waals surface area contributed by atoms with Crippen molar-refractivity contribution in [2.45, 2.75) is 34.1 Å². The quantitative estimate of drug-likeness (QED) is 0.696. The maximum atomic E-state index is 5.73. The molecule has 18 heavy (non-hydrogen) atoms. The van der Waals surface area contributed by atoms with E-state index in [2.05, 4.69) is 26.8 Å². The Morgan fingerprint density at radius 2 is 1.67 bits per heavy atom. The van der Waals surface area contributed by atoms with Crippen molar-refractivity contribution in [3.05, 3.63) is 41.2 Å². The van der Waals surface area contributed by atoms with Crippen LogP contribution in [-0.2, 0) is 9.47 Å². The number of ether oxygens (including phenoxy) is 2. The lowest BCUT2D eigenvalue weighted by molar-refractivity contribution is 0.173. The highest BCUT2D eigenvalue weighted by Crippen LogP contribution is 2.40. The number of allylic oxidation sites excluding steroid dienone is 4. The average molecular weight is 248 g/mol. The molecular formula is C16H24O2. The first kappa shape index (κ1) is 14.9. The van der Waals surface area contributed by atoms with Crippen molar-refractivity contribution in [1.29, 1.82) is 0 Å². The van der Waals surface area contributed by atoms with Gasteiger partial charge in [-0.15, -0.1) is 0 Å². The third-order valence-electron chi connectivity index (χ3n) is 3.79. The first-order chi connectivity index (χ1) is 8.43. The Bertz CT molecular complexity index is 395. The first-order valence-electron chi connectivity index (χ1n) is 6.37. The lowest BCUT2D eigenvalue weighted by Gasteiger charge is -2.32. The predicted octanol–water partition coefficient (Wildman–Crippen LogP) is 4.14. The molecular weight excluding hydrogens is 224 g/mol. The van der Waals surface area contributed by atoms with Crippen molar-refractivity contribution in [2.75, 3.05) is 14.2 Å². The highest BCUT2D eigenvalue weighted by Gasteiger charge is 2.31. The number of hydrogen-bond acceptors (Lipinski definition) is 2. The molecule has 0 N–H and O–H groups in total. The number of hydrogen-bond donors (Lipinski definition) is 0. The van der Waals surface area contributed by atoms with Crippen molar-refractivity contribution in [2.24, 2.45) is 11.8 Å². The van der Waals surface area contributed by atoms with Gasteiger partial charge in [-0.05, 0) is 27.2 Å². The maximum absolute atomic E-state index is 5.73. The smallest absolute Gasteiger partial charge is 0.140 e. The minimum atomic E-state index is 0.247. The van der Waals surface area contributed by atoms with Gasteiger partial charge in [-0.25, -0.2) is 0 Å². The minimum Gasteiger partial charge on any atom is -0.497 e. The average Bonchev–Trinajstić information content (AvgIpc) is 2.32. The van der Waals surface area contributed by atoms with Crippen LogP contribution < -0.4 is 0 Å². The molecule has 0 bridgehead atoms. The molecule has 0 aromatic heterocycles. The Kier molecular flexibility index (Phi) is 5.06. The summed E-state index contributed by atoms with van der Waals surface area (Å²) in [4.78, 5) is 0.